The largest absolute Gasteiger partial charge is 0.356 e. The van der Waals surface area contributed by atoms with Crippen LogP contribution in [0.3, 0.4) is 0 Å². The maximum Gasteiger partial charge on any atom is 0.225 e. The van der Waals surface area contributed by atoms with Crippen molar-refractivity contribution >= 4 is 11.8 Å². The summed E-state index contributed by atoms with van der Waals surface area (Å²) in [5.41, 5.74) is 1.00. The van der Waals surface area contributed by atoms with E-state index in [2.05, 4.69) is 39.8 Å². The molecule has 18 heavy (non-hydrogen) atoms. The lowest BCUT2D eigenvalue weighted by molar-refractivity contribution is 0.444. The van der Waals surface area contributed by atoms with E-state index in [0.29, 0.717) is 12.5 Å². The molecule has 0 saturated carbocycles. The lowest BCUT2D eigenvalue weighted by atomic mass is 10.0. The molecule has 98 valence electrons. The highest BCUT2D eigenvalue weighted by atomic mass is 15.2. The van der Waals surface area contributed by atoms with Crippen molar-refractivity contribution in [3.63, 3.8) is 0 Å². The van der Waals surface area contributed by atoms with E-state index in [9.17, 15) is 0 Å². The zero-order chi connectivity index (χ0) is 13.0. The number of anilines is 2. The summed E-state index contributed by atoms with van der Waals surface area (Å²) in [5.74, 6) is 2.49. The van der Waals surface area contributed by atoms with Gasteiger partial charge in [0, 0.05) is 31.4 Å². The molecular weight excluding hydrogens is 224 g/mol. The predicted molar refractivity (Wildman–Crippen MR) is 76.1 cm³/mol. The molecule has 0 amide bonds. The molecule has 2 rings (SSSR count). The summed E-state index contributed by atoms with van der Waals surface area (Å²) in [7, 11) is 0. The molecule has 0 radical (unpaired) electrons. The zero-order valence-electron chi connectivity index (χ0n) is 11.3. The quantitative estimate of drug-likeness (QED) is 0.829. The Morgan fingerprint density at radius 2 is 2.39 bits per heavy atom. The third-order valence-electron chi connectivity index (χ3n) is 3.23. The summed E-state index contributed by atoms with van der Waals surface area (Å²) in [6.07, 6.45) is 4.39. The Kier molecular flexibility index (Phi) is 4.18. The smallest absolute Gasteiger partial charge is 0.225 e. The number of nitrogens with zero attached hydrogens (tertiary/aromatic N) is 3. The third kappa shape index (κ3) is 3.22. The van der Waals surface area contributed by atoms with E-state index in [-0.39, 0.29) is 0 Å². The first-order valence-electron chi connectivity index (χ1n) is 6.64. The molecule has 1 atom stereocenters. The van der Waals surface area contributed by atoms with Crippen molar-refractivity contribution in [2.24, 2.45) is 5.92 Å². The molecule has 1 aromatic heterocycles. The highest BCUT2D eigenvalue weighted by molar-refractivity contribution is 5.45. The van der Waals surface area contributed by atoms with Crippen LogP contribution in [0.2, 0.25) is 0 Å². The molecule has 2 heterocycles. The monoisotopic (exact) mass is 246 g/mol. The fourth-order valence-corrected chi connectivity index (χ4v) is 2.35. The van der Waals surface area contributed by atoms with Gasteiger partial charge in [0.05, 0.1) is 0 Å². The SMILES string of the molecule is C=CCNc1nc(C)cc(N2CCCC(C)C2)n1. The average Bonchev–Trinajstić information content (AvgIpc) is 2.36. The molecule has 1 aliphatic rings. The van der Waals surface area contributed by atoms with E-state index in [1.54, 1.807) is 0 Å². The lowest BCUT2D eigenvalue weighted by Crippen LogP contribution is -2.35. The zero-order valence-corrected chi connectivity index (χ0v) is 11.3. The first-order chi connectivity index (χ1) is 8.69. The van der Waals surface area contributed by atoms with Gasteiger partial charge in [-0.05, 0) is 25.7 Å². The molecule has 0 bridgehead atoms. The van der Waals surface area contributed by atoms with Gasteiger partial charge in [-0.2, -0.15) is 4.98 Å². The average molecular weight is 246 g/mol. The van der Waals surface area contributed by atoms with Crippen molar-refractivity contribution in [1.29, 1.82) is 0 Å². The van der Waals surface area contributed by atoms with Gasteiger partial charge < -0.3 is 10.2 Å². The van der Waals surface area contributed by atoms with Crippen LogP contribution in [0.1, 0.15) is 25.5 Å². The Labute approximate surface area is 109 Å². The van der Waals surface area contributed by atoms with Crippen LogP contribution in [0.5, 0.6) is 0 Å². The summed E-state index contributed by atoms with van der Waals surface area (Å²) in [6, 6.07) is 2.07. The third-order valence-corrected chi connectivity index (χ3v) is 3.23. The molecule has 1 N–H and O–H groups in total. The highest BCUT2D eigenvalue weighted by Gasteiger charge is 2.18. The van der Waals surface area contributed by atoms with Gasteiger partial charge in [-0.3, -0.25) is 0 Å². The molecule has 0 aromatic carbocycles. The first-order valence-corrected chi connectivity index (χ1v) is 6.64. The van der Waals surface area contributed by atoms with Crippen molar-refractivity contribution < 1.29 is 0 Å². The van der Waals surface area contributed by atoms with Crippen LogP contribution in [0.15, 0.2) is 18.7 Å². The maximum atomic E-state index is 4.59. The minimum Gasteiger partial charge on any atom is -0.356 e. The van der Waals surface area contributed by atoms with Crippen molar-refractivity contribution in [2.45, 2.75) is 26.7 Å². The van der Waals surface area contributed by atoms with Gasteiger partial charge in [-0.15, -0.1) is 6.58 Å². The Hall–Kier alpha value is -1.58. The van der Waals surface area contributed by atoms with Crippen LogP contribution in [-0.4, -0.2) is 29.6 Å². The number of hydrogen-bond acceptors (Lipinski definition) is 4. The van der Waals surface area contributed by atoms with Gasteiger partial charge in [0.25, 0.3) is 0 Å². The standard InChI is InChI=1S/C14H22N4/c1-4-7-15-14-16-12(3)9-13(17-14)18-8-5-6-11(2)10-18/h4,9,11H,1,5-8,10H2,2-3H3,(H,15,16,17). The van der Waals surface area contributed by atoms with Crippen LogP contribution >= 0.6 is 0 Å². The normalized spacial score (nSPS) is 19.7. The molecule has 1 aromatic rings. The Morgan fingerprint density at radius 1 is 1.56 bits per heavy atom. The van der Waals surface area contributed by atoms with Gasteiger partial charge in [0.2, 0.25) is 5.95 Å². The maximum absolute atomic E-state index is 4.59. The van der Waals surface area contributed by atoms with E-state index < -0.39 is 0 Å². The fraction of sp³-hybridized carbons (Fsp3) is 0.571. The predicted octanol–water partition coefficient (Wildman–Crippen LogP) is 2.62. The molecular formula is C14H22N4. The van der Waals surface area contributed by atoms with Crippen LogP contribution in [0, 0.1) is 12.8 Å². The Bertz CT molecular complexity index is 416. The number of rotatable bonds is 4. The van der Waals surface area contributed by atoms with Crippen molar-refractivity contribution in [3.8, 4) is 0 Å². The molecule has 4 nitrogen and oxygen atoms in total. The molecule has 0 spiro atoms. The topological polar surface area (TPSA) is 41.1 Å². The second kappa shape index (κ2) is 5.85. The molecule has 1 fully saturated rings. The van der Waals surface area contributed by atoms with Gasteiger partial charge in [0.15, 0.2) is 0 Å². The van der Waals surface area contributed by atoms with Crippen LogP contribution in [-0.2, 0) is 0 Å². The number of aromatic nitrogens is 2. The summed E-state index contributed by atoms with van der Waals surface area (Å²) < 4.78 is 0. The summed E-state index contributed by atoms with van der Waals surface area (Å²) in [5, 5.41) is 3.16. The van der Waals surface area contributed by atoms with E-state index in [1.165, 1.54) is 12.8 Å². The van der Waals surface area contributed by atoms with Crippen LogP contribution in [0.25, 0.3) is 0 Å². The second-order valence-electron chi connectivity index (χ2n) is 5.05. The molecule has 1 aliphatic heterocycles. The molecule has 1 unspecified atom stereocenters. The Morgan fingerprint density at radius 3 is 3.11 bits per heavy atom. The van der Waals surface area contributed by atoms with Gasteiger partial charge in [0.1, 0.15) is 5.82 Å². The minimum absolute atomic E-state index is 0.694. The first kappa shape index (κ1) is 12.9. The number of aryl methyl sites for hydroxylation is 1. The van der Waals surface area contributed by atoms with Crippen LogP contribution < -0.4 is 10.2 Å². The van der Waals surface area contributed by atoms with Crippen LogP contribution in [0.4, 0.5) is 11.8 Å². The van der Waals surface area contributed by atoms with E-state index in [4.69, 9.17) is 0 Å². The van der Waals surface area contributed by atoms with Gasteiger partial charge in [-0.25, -0.2) is 4.98 Å². The van der Waals surface area contributed by atoms with E-state index in [1.807, 2.05) is 13.0 Å². The number of piperidine rings is 1. The number of nitrogens with one attached hydrogen (secondary N) is 1. The fourth-order valence-electron chi connectivity index (χ4n) is 2.35. The van der Waals surface area contributed by atoms with Crippen molar-refractivity contribution in [3.05, 3.63) is 24.4 Å². The van der Waals surface area contributed by atoms with Gasteiger partial charge in [-0.1, -0.05) is 13.0 Å². The summed E-state index contributed by atoms with van der Waals surface area (Å²) in [6.45, 7) is 10.9. The molecule has 0 aliphatic carbocycles. The number of hydrogen-bond donors (Lipinski definition) is 1. The summed E-state index contributed by atoms with van der Waals surface area (Å²) >= 11 is 0. The minimum atomic E-state index is 0.694. The van der Waals surface area contributed by atoms with Crippen molar-refractivity contribution in [2.75, 3.05) is 29.9 Å². The summed E-state index contributed by atoms with van der Waals surface area (Å²) in [4.78, 5) is 11.3. The van der Waals surface area contributed by atoms with Gasteiger partial charge >= 0.3 is 0 Å². The highest BCUT2D eigenvalue weighted by Crippen LogP contribution is 2.22. The molecule has 4 heteroatoms. The van der Waals surface area contributed by atoms with E-state index >= 15 is 0 Å². The molecule has 1 saturated heterocycles. The lowest BCUT2D eigenvalue weighted by Gasteiger charge is -2.32. The Balaban J connectivity index is 2.15. The van der Waals surface area contributed by atoms with E-state index in [0.717, 1.165) is 30.5 Å². The second-order valence-corrected chi connectivity index (χ2v) is 5.05. The van der Waals surface area contributed by atoms with Crippen molar-refractivity contribution in [1.82, 2.24) is 9.97 Å².